The second-order valence-electron chi connectivity index (χ2n) is 8.82. The Morgan fingerprint density at radius 2 is 1.69 bits per heavy atom. The maximum atomic E-state index is 13.1. The number of aromatic nitrogens is 1. The molecule has 0 aliphatic rings. The van der Waals surface area contributed by atoms with E-state index < -0.39 is 0 Å². The van der Waals surface area contributed by atoms with Gasteiger partial charge in [0.15, 0.2) is 16.6 Å². The van der Waals surface area contributed by atoms with E-state index in [1.165, 1.54) is 11.1 Å². The van der Waals surface area contributed by atoms with Crippen LogP contribution < -0.4 is 20.3 Å². The molecule has 0 aliphatic heterocycles. The largest absolute Gasteiger partial charge is 0.493 e. The SMILES string of the molecule is COc1cc2cc(CN(CCc3ccccc3C)C(=S)Nc3cccc(C)c3)c(=O)[nH]c2cc1OC. The molecule has 0 spiro atoms. The van der Waals surface area contributed by atoms with E-state index in [1.807, 2.05) is 60.4 Å². The maximum absolute atomic E-state index is 13.1. The van der Waals surface area contributed by atoms with E-state index in [0.29, 0.717) is 40.8 Å². The summed E-state index contributed by atoms with van der Waals surface area (Å²) in [6.45, 7) is 5.18. The Hall–Kier alpha value is -3.84. The van der Waals surface area contributed by atoms with Crippen LogP contribution >= 0.6 is 12.2 Å². The minimum Gasteiger partial charge on any atom is -0.493 e. The van der Waals surface area contributed by atoms with E-state index in [-0.39, 0.29) is 5.56 Å². The molecule has 4 aromatic rings. The fourth-order valence-corrected chi connectivity index (χ4v) is 4.50. The van der Waals surface area contributed by atoms with Crippen LogP contribution in [-0.2, 0) is 13.0 Å². The van der Waals surface area contributed by atoms with Crippen molar-refractivity contribution >= 4 is 33.9 Å². The number of nitrogens with zero attached hydrogens (tertiary/aromatic N) is 1. The number of thiocarbonyl (C=S) groups is 1. The molecule has 1 heterocycles. The topological polar surface area (TPSA) is 66.6 Å². The molecule has 3 aromatic carbocycles. The van der Waals surface area contributed by atoms with Crippen molar-refractivity contribution in [3.05, 3.63) is 99.3 Å². The lowest BCUT2D eigenvalue weighted by Gasteiger charge is -2.26. The minimum absolute atomic E-state index is 0.158. The maximum Gasteiger partial charge on any atom is 0.253 e. The molecular weight excluding hydrogens is 470 g/mol. The molecule has 0 bridgehead atoms. The summed E-state index contributed by atoms with van der Waals surface area (Å²) >= 11 is 5.83. The van der Waals surface area contributed by atoms with Crippen LogP contribution in [0.1, 0.15) is 22.3 Å². The van der Waals surface area contributed by atoms with E-state index in [2.05, 4.69) is 29.4 Å². The molecule has 0 radical (unpaired) electrons. The van der Waals surface area contributed by atoms with Crippen LogP contribution in [-0.4, -0.2) is 35.8 Å². The van der Waals surface area contributed by atoms with Crippen molar-refractivity contribution in [2.24, 2.45) is 0 Å². The molecule has 1 aromatic heterocycles. The van der Waals surface area contributed by atoms with Gasteiger partial charge in [-0.2, -0.15) is 0 Å². The van der Waals surface area contributed by atoms with Gasteiger partial charge in [0.2, 0.25) is 0 Å². The average Bonchev–Trinajstić information content (AvgIpc) is 2.86. The summed E-state index contributed by atoms with van der Waals surface area (Å²) in [6, 6.07) is 21.9. The van der Waals surface area contributed by atoms with Crippen LogP contribution in [0.4, 0.5) is 5.69 Å². The molecule has 0 saturated heterocycles. The zero-order chi connectivity index (χ0) is 25.7. The number of fused-ring (bicyclic) bond motifs is 1. The number of methoxy groups -OCH3 is 2. The summed E-state index contributed by atoms with van der Waals surface area (Å²) in [5, 5.41) is 4.78. The molecule has 0 aliphatic carbocycles. The van der Waals surface area contributed by atoms with Gasteiger partial charge in [-0.15, -0.1) is 0 Å². The summed E-state index contributed by atoms with van der Waals surface area (Å²) in [6.07, 6.45) is 0.804. The van der Waals surface area contributed by atoms with Gasteiger partial charge in [-0.25, -0.2) is 0 Å². The molecule has 0 fully saturated rings. The number of H-pyrrole nitrogens is 1. The first-order valence-electron chi connectivity index (χ1n) is 11.8. The molecule has 0 amide bonds. The van der Waals surface area contributed by atoms with E-state index in [1.54, 1.807) is 20.3 Å². The summed E-state index contributed by atoms with van der Waals surface area (Å²) in [5.74, 6) is 1.17. The molecule has 4 rings (SSSR count). The number of anilines is 1. The number of pyridine rings is 1. The number of rotatable bonds is 8. The van der Waals surface area contributed by atoms with Gasteiger partial charge < -0.3 is 24.7 Å². The van der Waals surface area contributed by atoms with Gasteiger partial charge in [-0.1, -0.05) is 36.4 Å². The van der Waals surface area contributed by atoms with Crippen molar-refractivity contribution in [3.63, 3.8) is 0 Å². The Morgan fingerprint density at radius 1 is 0.944 bits per heavy atom. The summed E-state index contributed by atoms with van der Waals surface area (Å²) in [5.41, 5.74) is 5.70. The average molecular weight is 502 g/mol. The van der Waals surface area contributed by atoms with Gasteiger partial charge in [0.05, 0.1) is 26.3 Å². The van der Waals surface area contributed by atoms with Crippen LogP contribution in [0, 0.1) is 13.8 Å². The lowest BCUT2D eigenvalue weighted by atomic mass is 10.1. The number of aromatic amines is 1. The predicted molar refractivity (Wildman–Crippen MR) is 150 cm³/mol. The van der Waals surface area contributed by atoms with Gasteiger partial charge >= 0.3 is 0 Å². The normalized spacial score (nSPS) is 10.8. The van der Waals surface area contributed by atoms with Gasteiger partial charge in [0, 0.05) is 29.2 Å². The van der Waals surface area contributed by atoms with Crippen molar-refractivity contribution in [2.75, 3.05) is 26.1 Å². The van der Waals surface area contributed by atoms with Crippen LogP contribution in [0.2, 0.25) is 0 Å². The van der Waals surface area contributed by atoms with Gasteiger partial charge in [-0.3, -0.25) is 4.79 Å². The monoisotopic (exact) mass is 501 g/mol. The second-order valence-corrected chi connectivity index (χ2v) is 9.20. The zero-order valence-corrected chi connectivity index (χ0v) is 21.9. The van der Waals surface area contributed by atoms with Gasteiger partial charge in [0.25, 0.3) is 5.56 Å². The van der Waals surface area contributed by atoms with Crippen molar-refractivity contribution in [1.29, 1.82) is 0 Å². The third-order valence-electron chi connectivity index (χ3n) is 6.26. The van der Waals surface area contributed by atoms with Crippen molar-refractivity contribution < 1.29 is 9.47 Å². The zero-order valence-electron chi connectivity index (χ0n) is 21.1. The number of nitrogens with one attached hydrogen (secondary N) is 2. The number of hydrogen-bond acceptors (Lipinski definition) is 4. The van der Waals surface area contributed by atoms with E-state index in [4.69, 9.17) is 21.7 Å². The van der Waals surface area contributed by atoms with Crippen molar-refractivity contribution in [1.82, 2.24) is 9.88 Å². The van der Waals surface area contributed by atoms with E-state index in [9.17, 15) is 4.79 Å². The van der Waals surface area contributed by atoms with Crippen LogP contribution in [0.25, 0.3) is 10.9 Å². The molecule has 186 valence electrons. The highest BCUT2D eigenvalue weighted by Gasteiger charge is 2.16. The smallest absolute Gasteiger partial charge is 0.253 e. The highest BCUT2D eigenvalue weighted by Crippen LogP contribution is 2.31. The first kappa shape index (κ1) is 25.3. The summed E-state index contributed by atoms with van der Waals surface area (Å²) in [4.78, 5) is 18.1. The Balaban J connectivity index is 1.65. The Kier molecular flexibility index (Phi) is 7.90. The summed E-state index contributed by atoms with van der Waals surface area (Å²) in [7, 11) is 3.17. The third kappa shape index (κ3) is 5.86. The number of aryl methyl sites for hydroxylation is 2. The number of ether oxygens (including phenoxy) is 2. The first-order chi connectivity index (χ1) is 17.4. The quantitative estimate of drug-likeness (QED) is 0.306. The number of hydrogen-bond donors (Lipinski definition) is 2. The molecular formula is C29H31N3O3S. The molecule has 2 N–H and O–H groups in total. The fourth-order valence-electron chi connectivity index (χ4n) is 4.23. The standard InChI is InChI=1S/C29H31N3O3S/c1-19-8-7-11-24(14-19)30-29(36)32(13-12-21-10-6-5-9-20(21)2)18-23-15-22-16-26(34-3)27(35-4)17-25(22)31-28(23)33/h5-11,14-17H,12-13,18H2,1-4H3,(H,30,36)(H,31,33). The van der Waals surface area contributed by atoms with E-state index >= 15 is 0 Å². The van der Waals surface area contributed by atoms with Crippen LogP contribution in [0.3, 0.4) is 0 Å². The molecule has 0 saturated carbocycles. The summed E-state index contributed by atoms with van der Waals surface area (Å²) < 4.78 is 10.8. The Bertz CT molecular complexity index is 1450. The highest BCUT2D eigenvalue weighted by molar-refractivity contribution is 7.80. The lowest BCUT2D eigenvalue weighted by molar-refractivity contribution is 0.355. The van der Waals surface area contributed by atoms with Gasteiger partial charge in [-0.05, 0) is 73.4 Å². The van der Waals surface area contributed by atoms with E-state index in [0.717, 1.165) is 23.1 Å². The van der Waals surface area contributed by atoms with Gasteiger partial charge in [0.1, 0.15) is 0 Å². The first-order valence-corrected chi connectivity index (χ1v) is 12.2. The third-order valence-corrected chi connectivity index (χ3v) is 6.62. The van der Waals surface area contributed by atoms with Crippen molar-refractivity contribution in [3.8, 4) is 11.5 Å². The second kappa shape index (κ2) is 11.3. The lowest BCUT2D eigenvalue weighted by Crippen LogP contribution is -2.37. The van der Waals surface area contributed by atoms with Crippen LogP contribution in [0.5, 0.6) is 11.5 Å². The minimum atomic E-state index is -0.158. The molecule has 0 atom stereocenters. The fraction of sp³-hybridized carbons (Fsp3) is 0.241. The van der Waals surface area contributed by atoms with Crippen molar-refractivity contribution in [2.45, 2.75) is 26.8 Å². The van der Waals surface area contributed by atoms with Crippen LogP contribution in [0.15, 0.2) is 71.5 Å². The number of benzene rings is 3. The molecule has 7 heteroatoms. The highest BCUT2D eigenvalue weighted by atomic mass is 32.1. The molecule has 6 nitrogen and oxygen atoms in total. The molecule has 36 heavy (non-hydrogen) atoms. The Morgan fingerprint density at radius 3 is 2.42 bits per heavy atom. The Labute approximate surface area is 216 Å². The predicted octanol–water partition coefficient (Wildman–Crippen LogP) is 5.60. The molecule has 0 unspecified atom stereocenters.